The van der Waals surface area contributed by atoms with Crippen LogP contribution in [0.2, 0.25) is 0 Å². The van der Waals surface area contributed by atoms with Crippen LogP contribution in [-0.2, 0) is 18.9 Å². The summed E-state index contributed by atoms with van der Waals surface area (Å²) in [7, 11) is 0. The molecular formula is C18H26O8. The van der Waals surface area contributed by atoms with Crippen LogP contribution in [0.3, 0.4) is 0 Å². The van der Waals surface area contributed by atoms with Gasteiger partial charge in [-0.15, -0.1) is 0 Å². The van der Waals surface area contributed by atoms with Gasteiger partial charge in [0.1, 0.15) is 0 Å². The van der Waals surface area contributed by atoms with E-state index in [0.717, 1.165) is 12.8 Å². The summed E-state index contributed by atoms with van der Waals surface area (Å²) in [6, 6.07) is 0. The fraction of sp³-hybridized carbons (Fsp3) is 0.556. The van der Waals surface area contributed by atoms with E-state index in [-0.39, 0.29) is 0 Å². The Morgan fingerprint density at radius 1 is 0.962 bits per heavy atom. The van der Waals surface area contributed by atoms with Crippen molar-refractivity contribution >= 4 is 12.3 Å². The topological polar surface area (TPSA) is 112 Å². The van der Waals surface area contributed by atoms with E-state index in [1.165, 1.54) is 11.1 Å². The summed E-state index contributed by atoms with van der Waals surface area (Å²) in [4.78, 5) is 21.3. The summed E-state index contributed by atoms with van der Waals surface area (Å²) < 4.78 is 19.4. The van der Waals surface area contributed by atoms with Crippen molar-refractivity contribution in [1.29, 1.82) is 0 Å². The van der Waals surface area contributed by atoms with Gasteiger partial charge in [0.25, 0.3) is 12.6 Å². The lowest BCUT2D eigenvalue weighted by atomic mass is 10.1. The van der Waals surface area contributed by atoms with Gasteiger partial charge in [-0.1, -0.05) is 29.9 Å². The Labute approximate surface area is 152 Å². The molecule has 2 atom stereocenters. The van der Waals surface area contributed by atoms with Gasteiger partial charge in [-0.25, -0.2) is 9.59 Å². The zero-order valence-corrected chi connectivity index (χ0v) is 15.3. The second kappa shape index (κ2) is 10.6. The van der Waals surface area contributed by atoms with Gasteiger partial charge in [0, 0.05) is 0 Å². The number of carbonyl (C=O) groups is 2. The van der Waals surface area contributed by atoms with E-state index in [0.29, 0.717) is 18.4 Å². The van der Waals surface area contributed by atoms with Crippen LogP contribution in [0.4, 0.5) is 9.59 Å². The molecule has 1 rings (SSSR count). The lowest BCUT2D eigenvalue weighted by molar-refractivity contribution is -0.153. The van der Waals surface area contributed by atoms with Gasteiger partial charge < -0.3 is 29.2 Å². The molecule has 1 fully saturated rings. The third-order valence-electron chi connectivity index (χ3n) is 3.55. The van der Waals surface area contributed by atoms with Crippen molar-refractivity contribution in [3.05, 3.63) is 35.5 Å². The number of allylic oxidation sites excluding steroid dienone is 4. The van der Waals surface area contributed by atoms with E-state index in [1.807, 2.05) is 0 Å². The molecule has 0 amide bonds. The monoisotopic (exact) mass is 370 g/mol. The van der Waals surface area contributed by atoms with Crippen LogP contribution < -0.4 is 0 Å². The maximum atomic E-state index is 10.6. The molecule has 0 radical (unpaired) electrons. The summed E-state index contributed by atoms with van der Waals surface area (Å²) >= 11 is 0. The molecule has 0 spiro atoms. The predicted molar refractivity (Wildman–Crippen MR) is 92.5 cm³/mol. The van der Waals surface area contributed by atoms with Gasteiger partial charge in [0.15, 0.2) is 6.29 Å². The number of hydrogen-bond donors (Lipinski definition) is 2. The summed E-state index contributed by atoms with van der Waals surface area (Å²) in [5, 5.41) is 17.3. The van der Waals surface area contributed by atoms with Crippen molar-refractivity contribution in [2.24, 2.45) is 0 Å². The molecular weight excluding hydrogens is 344 g/mol. The summed E-state index contributed by atoms with van der Waals surface area (Å²) in [6.07, 6.45) is 0.234. The molecule has 0 aromatic carbocycles. The quantitative estimate of drug-likeness (QED) is 0.453. The smallest absolute Gasteiger partial charge is 0.450 e. The molecule has 8 heteroatoms. The number of carboxylic acid groups (broad SMARTS) is 2. The highest BCUT2D eigenvalue weighted by atomic mass is 16.9. The van der Waals surface area contributed by atoms with Crippen LogP contribution in [-0.4, -0.2) is 41.4 Å². The Morgan fingerprint density at radius 2 is 1.46 bits per heavy atom. The van der Waals surface area contributed by atoms with E-state index in [2.05, 4.69) is 49.0 Å². The van der Waals surface area contributed by atoms with Gasteiger partial charge in [0.05, 0.1) is 0 Å². The maximum absolute atomic E-state index is 10.6. The minimum atomic E-state index is -1.63. The van der Waals surface area contributed by atoms with Crippen molar-refractivity contribution in [1.82, 2.24) is 0 Å². The molecule has 0 aromatic rings. The highest BCUT2D eigenvalue weighted by molar-refractivity contribution is 5.58. The fourth-order valence-corrected chi connectivity index (χ4v) is 2.27. The summed E-state index contributed by atoms with van der Waals surface area (Å²) in [5.74, 6) is 0. The first-order valence-electron chi connectivity index (χ1n) is 8.25. The average Bonchev–Trinajstić information content (AvgIpc) is 2.88. The highest BCUT2D eigenvalue weighted by Gasteiger charge is 2.42. The largest absolute Gasteiger partial charge is 0.508 e. The molecule has 0 bridgehead atoms. The third kappa shape index (κ3) is 8.17. The molecule has 0 aromatic heterocycles. The van der Waals surface area contributed by atoms with E-state index < -0.39 is 31.2 Å². The number of ether oxygens (including phenoxy) is 4. The third-order valence-corrected chi connectivity index (χ3v) is 3.55. The van der Waals surface area contributed by atoms with Crippen LogP contribution in [0.1, 0.15) is 46.5 Å². The standard InChI is InChI=1S/C18H26O8/c1-11(2)7-5-8-12(3)9-6-10-13(4)14-23-15(25-17(19)20)16(24-14)26-18(21)22/h7,9,14-16H,4-6,8,10H2,1-3H3,(H,19,20)(H,21,22)/t15-,16-/m1/s1. The van der Waals surface area contributed by atoms with Gasteiger partial charge in [-0.2, -0.15) is 0 Å². The minimum Gasteiger partial charge on any atom is -0.450 e. The average molecular weight is 370 g/mol. The lowest BCUT2D eigenvalue weighted by Gasteiger charge is -2.13. The Bertz CT molecular complexity index is 550. The van der Waals surface area contributed by atoms with Crippen molar-refractivity contribution in [3.63, 3.8) is 0 Å². The molecule has 1 aliphatic heterocycles. The first-order valence-corrected chi connectivity index (χ1v) is 8.25. The fourth-order valence-electron chi connectivity index (χ4n) is 2.27. The van der Waals surface area contributed by atoms with E-state index in [1.54, 1.807) is 0 Å². The van der Waals surface area contributed by atoms with Crippen LogP contribution in [0, 0.1) is 0 Å². The molecule has 8 nitrogen and oxygen atoms in total. The van der Waals surface area contributed by atoms with Crippen LogP contribution in [0.25, 0.3) is 0 Å². The molecule has 0 saturated carbocycles. The van der Waals surface area contributed by atoms with Crippen molar-refractivity contribution in [2.45, 2.75) is 65.3 Å². The molecule has 2 N–H and O–H groups in total. The van der Waals surface area contributed by atoms with Crippen LogP contribution in [0.5, 0.6) is 0 Å². The van der Waals surface area contributed by atoms with Crippen molar-refractivity contribution in [2.75, 3.05) is 0 Å². The van der Waals surface area contributed by atoms with E-state index in [4.69, 9.17) is 19.7 Å². The summed E-state index contributed by atoms with van der Waals surface area (Å²) in [6.45, 7) is 10.0. The van der Waals surface area contributed by atoms with Gasteiger partial charge in [-0.05, 0) is 52.0 Å². The summed E-state index contributed by atoms with van der Waals surface area (Å²) in [5.41, 5.74) is 3.08. The zero-order valence-electron chi connectivity index (χ0n) is 15.3. The first-order chi connectivity index (χ1) is 12.2. The van der Waals surface area contributed by atoms with Crippen molar-refractivity contribution < 1.29 is 38.7 Å². The van der Waals surface area contributed by atoms with E-state index in [9.17, 15) is 9.59 Å². The predicted octanol–water partition coefficient (Wildman–Crippen LogP) is 4.43. The Morgan fingerprint density at radius 3 is 1.92 bits per heavy atom. The Hall–Kier alpha value is -2.32. The normalized spacial score (nSPS) is 20.5. The minimum absolute atomic E-state index is 0.532. The molecule has 0 unspecified atom stereocenters. The van der Waals surface area contributed by atoms with E-state index >= 15 is 0 Å². The Kier molecular flexibility index (Phi) is 8.87. The molecule has 0 aliphatic carbocycles. The molecule has 146 valence electrons. The molecule has 1 heterocycles. The van der Waals surface area contributed by atoms with Gasteiger partial charge in [0.2, 0.25) is 0 Å². The van der Waals surface area contributed by atoms with Crippen LogP contribution in [0.15, 0.2) is 35.5 Å². The van der Waals surface area contributed by atoms with Gasteiger partial charge in [-0.3, -0.25) is 0 Å². The number of hydrogen-bond acceptors (Lipinski definition) is 6. The second-order valence-corrected chi connectivity index (χ2v) is 6.18. The Balaban J connectivity index is 2.50. The van der Waals surface area contributed by atoms with Crippen molar-refractivity contribution in [3.8, 4) is 0 Å². The molecule has 26 heavy (non-hydrogen) atoms. The van der Waals surface area contributed by atoms with Crippen LogP contribution >= 0.6 is 0 Å². The lowest BCUT2D eigenvalue weighted by Crippen LogP contribution is -2.31. The zero-order chi connectivity index (χ0) is 19.7. The second-order valence-electron chi connectivity index (χ2n) is 6.18. The molecule has 1 saturated heterocycles. The first kappa shape index (κ1) is 21.7. The van der Waals surface area contributed by atoms with Gasteiger partial charge >= 0.3 is 12.3 Å². The highest BCUT2D eigenvalue weighted by Crippen LogP contribution is 2.27. The number of rotatable bonds is 9. The maximum Gasteiger partial charge on any atom is 0.508 e. The molecule has 1 aliphatic rings. The SMILES string of the molecule is C=C(CCC=C(C)CCC=C(C)C)C1O[C@H](OC(=O)O)[C@@H](OC(=O)O)O1.